The van der Waals surface area contributed by atoms with Gasteiger partial charge in [-0.3, -0.25) is 14.2 Å². The predicted octanol–water partition coefficient (Wildman–Crippen LogP) is 4.23. The normalized spacial score (nSPS) is 13.6. The highest BCUT2D eigenvalue weighted by Gasteiger charge is 2.21. The minimum Gasteiger partial charge on any atom is -0.384 e. The molecule has 8 heteroatoms. The fraction of sp³-hybridized carbons (Fsp3) is 0.115. The van der Waals surface area contributed by atoms with Crippen LogP contribution in [0.1, 0.15) is 12.8 Å². The number of nitrogens with two attached hydrogens (primary N) is 1. The molecular weight excluding hydrogens is 426 g/mol. The monoisotopic (exact) mass is 447 g/mol. The minimum absolute atomic E-state index is 0.188. The molecule has 0 atom stereocenters. The average molecular weight is 448 g/mol. The van der Waals surface area contributed by atoms with Gasteiger partial charge < -0.3 is 10.6 Å². The maximum atomic E-state index is 12.0. The number of nitrogens with zero attached hydrogens (tertiary/aromatic N) is 6. The topological polar surface area (TPSA) is 102 Å². The van der Waals surface area contributed by atoms with Crippen molar-refractivity contribution < 1.29 is 4.79 Å². The Balaban J connectivity index is 1.34. The Morgan fingerprint density at radius 1 is 0.765 bits per heavy atom. The predicted molar refractivity (Wildman–Crippen MR) is 131 cm³/mol. The van der Waals surface area contributed by atoms with Gasteiger partial charge in [0.05, 0.1) is 11.9 Å². The molecule has 5 heterocycles. The number of pyridine rings is 2. The average Bonchev–Trinajstić information content (AvgIpc) is 3.50. The highest BCUT2D eigenvalue weighted by molar-refractivity contribution is 5.95. The van der Waals surface area contributed by atoms with Crippen molar-refractivity contribution in [1.29, 1.82) is 0 Å². The number of benzene rings is 1. The summed E-state index contributed by atoms with van der Waals surface area (Å²) in [6.07, 6.45) is 12.5. The Morgan fingerprint density at radius 2 is 1.50 bits per heavy atom. The van der Waals surface area contributed by atoms with Gasteiger partial charge in [0.25, 0.3) is 0 Å². The number of hydrogen-bond donors (Lipinski definition) is 1. The third-order valence-electron chi connectivity index (χ3n) is 6.10. The highest BCUT2D eigenvalue weighted by atomic mass is 16.2. The molecule has 1 aliphatic heterocycles. The lowest BCUT2D eigenvalue weighted by molar-refractivity contribution is -0.117. The lowest BCUT2D eigenvalue weighted by Crippen LogP contribution is -2.23. The van der Waals surface area contributed by atoms with Crippen LogP contribution in [0.15, 0.2) is 79.6 Å². The molecule has 8 nitrogen and oxygen atoms in total. The summed E-state index contributed by atoms with van der Waals surface area (Å²) in [6, 6.07) is 13.8. The smallest absolute Gasteiger partial charge is 0.234 e. The van der Waals surface area contributed by atoms with Crippen LogP contribution in [0.2, 0.25) is 0 Å². The minimum atomic E-state index is 0.188. The number of fused-ring (bicyclic) bond motifs is 1. The SMILES string of the molecule is Nc1ccc(-c2cnc3ncc(-c4cncc(-c5ccc(N6CCCC6=O)cc5)c4)cn23)cn1. The summed E-state index contributed by atoms with van der Waals surface area (Å²) >= 11 is 0. The molecule has 1 amide bonds. The number of nitrogen functional groups attached to an aromatic ring is 1. The van der Waals surface area contributed by atoms with Gasteiger partial charge in [-0.2, -0.15) is 0 Å². The fourth-order valence-electron chi connectivity index (χ4n) is 4.30. The van der Waals surface area contributed by atoms with Crippen molar-refractivity contribution in [2.75, 3.05) is 17.2 Å². The van der Waals surface area contributed by atoms with Crippen LogP contribution in [-0.2, 0) is 4.79 Å². The molecule has 6 rings (SSSR count). The van der Waals surface area contributed by atoms with Crippen LogP contribution >= 0.6 is 0 Å². The molecule has 4 aromatic heterocycles. The Kier molecular flexibility index (Phi) is 4.76. The van der Waals surface area contributed by atoms with Gasteiger partial charge >= 0.3 is 0 Å². The van der Waals surface area contributed by atoms with Crippen molar-refractivity contribution in [2.45, 2.75) is 12.8 Å². The molecule has 1 saturated heterocycles. The lowest BCUT2D eigenvalue weighted by Gasteiger charge is -2.16. The van der Waals surface area contributed by atoms with Gasteiger partial charge in [0, 0.05) is 71.9 Å². The summed E-state index contributed by atoms with van der Waals surface area (Å²) in [5.41, 5.74) is 12.4. The van der Waals surface area contributed by atoms with Crippen molar-refractivity contribution in [3.63, 3.8) is 0 Å². The number of carbonyl (C=O) groups is 1. The zero-order valence-electron chi connectivity index (χ0n) is 18.3. The third-order valence-corrected chi connectivity index (χ3v) is 6.10. The number of carbonyl (C=O) groups excluding carboxylic acids is 1. The van der Waals surface area contributed by atoms with Crippen molar-refractivity contribution in [1.82, 2.24) is 24.3 Å². The molecule has 1 aromatic carbocycles. The molecular formula is C26H21N7O. The maximum absolute atomic E-state index is 12.0. The quantitative estimate of drug-likeness (QED) is 0.442. The zero-order valence-corrected chi connectivity index (χ0v) is 18.3. The zero-order chi connectivity index (χ0) is 23.1. The van der Waals surface area contributed by atoms with Crippen molar-refractivity contribution in [3.8, 4) is 33.5 Å². The van der Waals surface area contributed by atoms with Crippen molar-refractivity contribution in [2.24, 2.45) is 0 Å². The first kappa shape index (κ1) is 20.0. The van der Waals surface area contributed by atoms with Gasteiger partial charge in [0.2, 0.25) is 11.7 Å². The Morgan fingerprint density at radius 3 is 2.24 bits per heavy atom. The molecule has 34 heavy (non-hydrogen) atoms. The van der Waals surface area contributed by atoms with E-state index in [4.69, 9.17) is 5.73 Å². The van der Waals surface area contributed by atoms with Gasteiger partial charge in [-0.25, -0.2) is 15.0 Å². The first-order chi connectivity index (χ1) is 16.7. The molecule has 0 aliphatic carbocycles. The number of imidazole rings is 1. The van der Waals surface area contributed by atoms with E-state index in [2.05, 4.69) is 26.0 Å². The van der Waals surface area contributed by atoms with E-state index in [1.807, 2.05) is 58.2 Å². The summed E-state index contributed by atoms with van der Waals surface area (Å²) in [4.78, 5) is 31.5. The Bertz CT molecular complexity index is 1510. The van der Waals surface area contributed by atoms with Gasteiger partial charge in [-0.1, -0.05) is 12.1 Å². The summed E-state index contributed by atoms with van der Waals surface area (Å²) in [5.74, 6) is 1.26. The van der Waals surface area contributed by atoms with Crippen LogP contribution in [-0.4, -0.2) is 36.8 Å². The molecule has 0 saturated carbocycles. The number of anilines is 2. The highest BCUT2D eigenvalue weighted by Crippen LogP contribution is 2.29. The van der Waals surface area contributed by atoms with E-state index in [1.54, 1.807) is 24.7 Å². The molecule has 166 valence electrons. The molecule has 1 aliphatic rings. The first-order valence-corrected chi connectivity index (χ1v) is 11.1. The van der Waals surface area contributed by atoms with Crippen molar-refractivity contribution in [3.05, 3.63) is 79.6 Å². The largest absolute Gasteiger partial charge is 0.384 e. The second kappa shape index (κ2) is 8.08. The van der Waals surface area contributed by atoms with Gasteiger partial charge in [0.1, 0.15) is 5.82 Å². The van der Waals surface area contributed by atoms with E-state index in [0.717, 1.165) is 52.2 Å². The number of amides is 1. The van der Waals surface area contributed by atoms with Gasteiger partial charge in [0.15, 0.2) is 0 Å². The Labute approximate surface area is 195 Å². The van der Waals surface area contributed by atoms with Gasteiger partial charge in [-0.15, -0.1) is 0 Å². The molecule has 2 N–H and O–H groups in total. The van der Waals surface area contributed by atoms with Crippen LogP contribution < -0.4 is 10.6 Å². The molecule has 0 unspecified atom stereocenters. The van der Waals surface area contributed by atoms with E-state index >= 15 is 0 Å². The Hall–Kier alpha value is -4.59. The van der Waals surface area contributed by atoms with E-state index in [-0.39, 0.29) is 5.91 Å². The second-order valence-electron chi connectivity index (χ2n) is 8.29. The summed E-state index contributed by atoms with van der Waals surface area (Å²) in [5, 5.41) is 0. The number of aromatic nitrogens is 5. The molecule has 5 aromatic rings. The molecule has 0 spiro atoms. The summed E-state index contributed by atoms with van der Waals surface area (Å²) in [6.45, 7) is 0.785. The van der Waals surface area contributed by atoms with E-state index < -0.39 is 0 Å². The number of rotatable bonds is 4. The van der Waals surface area contributed by atoms with Gasteiger partial charge in [-0.05, 0) is 42.3 Å². The van der Waals surface area contributed by atoms with Crippen LogP contribution in [0.25, 0.3) is 39.3 Å². The third kappa shape index (κ3) is 3.55. The lowest BCUT2D eigenvalue weighted by atomic mass is 10.0. The van der Waals surface area contributed by atoms with Crippen LogP contribution in [0.5, 0.6) is 0 Å². The maximum Gasteiger partial charge on any atom is 0.234 e. The summed E-state index contributed by atoms with van der Waals surface area (Å²) in [7, 11) is 0. The van der Waals surface area contributed by atoms with Crippen LogP contribution in [0, 0.1) is 0 Å². The standard InChI is InChI=1S/C26H21N7O/c27-24-8-5-18(13-29-24)23-15-31-26-30-14-21(16-33(23)26)20-10-19(11-28-12-20)17-3-6-22(7-4-17)32-9-1-2-25(32)34/h3-8,10-16H,1-2,9H2,(H2,27,29). The van der Waals surface area contributed by atoms with E-state index in [1.165, 1.54) is 0 Å². The second-order valence-corrected chi connectivity index (χ2v) is 8.29. The first-order valence-electron chi connectivity index (χ1n) is 11.1. The van der Waals surface area contributed by atoms with E-state index in [0.29, 0.717) is 18.0 Å². The molecule has 0 bridgehead atoms. The summed E-state index contributed by atoms with van der Waals surface area (Å²) < 4.78 is 1.94. The fourth-order valence-corrected chi connectivity index (χ4v) is 4.30. The van der Waals surface area contributed by atoms with Crippen molar-refractivity contribution >= 4 is 23.2 Å². The van der Waals surface area contributed by atoms with E-state index in [9.17, 15) is 4.79 Å². The van der Waals surface area contributed by atoms with Crippen LogP contribution in [0.4, 0.5) is 11.5 Å². The molecule has 1 fully saturated rings. The number of hydrogen-bond acceptors (Lipinski definition) is 6. The molecule has 0 radical (unpaired) electrons. The van der Waals surface area contributed by atoms with Crippen LogP contribution in [0.3, 0.4) is 0 Å².